The van der Waals surface area contributed by atoms with Crippen LogP contribution in [0.2, 0.25) is 0 Å². The van der Waals surface area contributed by atoms with Gasteiger partial charge in [-0.2, -0.15) is 0 Å². The lowest BCUT2D eigenvalue weighted by atomic mass is 10.2. The summed E-state index contributed by atoms with van der Waals surface area (Å²) < 4.78 is 6.59. The van der Waals surface area contributed by atoms with E-state index in [1.165, 1.54) is 16.9 Å². The number of thiophene rings is 1. The van der Waals surface area contributed by atoms with E-state index in [9.17, 15) is 4.79 Å². The van der Waals surface area contributed by atoms with Gasteiger partial charge < -0.3 is 10.1 Å². The average molecular weight is 354 g/mol. The fourth-order valence-electron chi connectivity index (χ4n) is 1.63. The van der Waals surface area contributed by atoms with Gasteiger partial charge in [-0.1, -0.05) is 17.7 Å². The van der Waals surface area contributed by atoms with Gasteiger partial charge >= 0.3 is 0 Å². The van der Waals surface area contributed by atoms with Crippen LogP contribution in [-0.2, 0) is 0 Å². The second-order valence-electron chi connectivity index (χ2n) is 4.60. The molecule has 1 aromatic heterocycles. The maximum absolute atomic E-state index is 11.9. The number of ether oxygens (including phenoxy) is 1. The molecule has 0 saturated heterocycles. The highest BCUT2D eigenvalue weighted by Crippen LogP contribution is 2.21. The van der Waals surface area contributed by atoms with Gasteiger partial charge in [0.05, 0.1) is 14.7 Å². The standard InChI is InChI=1S/C15H16BrNO2S/c1-10-3-5-12(6-4-10)19-9-11(2)17-15(18)13-7-8-14(16)20-13/h3-8,11H,9H2,1-2H3,(H,17,18). The van der Waals surface area contributed by atoms with E-state index in [-0.39, 0.29) is 11.9 Å². The molecule has 0 aliphatic heterocycles. The number of carbonyl (C=O) groups is 1. The number of aryl methyl sites for hydroxylation is 1. The second-order valence-corrected chi connectivity index (χ2v) is 7.07. The van der Waals surface area contributed by atoms with E-state index in [0.29, 0.717) is 11.5 Å². The van der Waals surface area contributed by atoms with Gasteiger partial charge in [-0.25, -0.2) is 0 Å². The van der Waals surface area contributed by atoms with E-state index in [1.807, 2.05) is 44.2 Å². The van der Waals surface area contributed by atoms with E-state index in [2.05, 4.69) is 21.2 Å². The highest BCUT2D eigenvalue weighted by molar-refractivity contribution is 9.11. The van der Waals surface area contributed by atoms with Gasteiger partial charge in [0.15, 0.2) is 0 Å². The Hall–Kier alpha value is -1.33. The topological polar surface area (TPSA) is 38.3 Å². The third kappa shape index (κ3) is 4.35. The Morgan fingerprint density at radius 3 is 2.60 bits per heavy atom. The van der Waals surface area contributed by atoms with Crippen LogP contribution in [0.1, 0.15) is 22.2 Å². The summed E-state index contributed by atoms with van der Waals surface area (Å²) in [5.41, 5.74) is 1.20. The molecule has 106 valence electrons. The maximum Gasteiger partial charge on any atom is 0.261 e. The van der Waals surface area contributed by atoms with Crippen LogP contribution >= 0.6 is 27.3 Å². The molecule has 1 atom stereocenters. The minimum Gasteiger partial charge on any atom is -0.491 e. The second kappa shape index (κ2) is 6.90. The Bertz CT molecular complexity index is 580. The lowest BCUT2D eigenvalue weighted by Gasteiger charge is -2.14. The Kier molecular flexibility index (Phi) is 5.20. The number of benzene rings is 1. The predicted octanol–water partition coefficient (Wildman–Crippen LogP) is 4.02. The number of carbonyl (C=O) groups excluding carboxylic acids is 1. The van der Waals surface area contributed by atoms with Crippen molar-refractivity contribution in [3.63, 3.8) is 0 Å². The molecule has 5 heteroatoms. The first kappa shape index (κ1) is 15.1. The zero-order valence-corrected chi connectivity index (χ0v) is 13.8. The van der Waals surface area contributed by atoms with Gasteiger partial charge in [0.1, 0.15) is 12.4 Å². The summed E-state index contributed by atoms with van der Waals surface area (Å²) in [7, 11) is 0. The lowest BCUT2D eigenvalue weighted by molar-refractivity contribution is 0.0931. The molecule has 0 saturated carbocycles. The molecule has 0 radical (unpaired) electrons. The average Bonchev–Trinajstić information content (AvgIpc) is 2.85. The quantitative estimate of drug-likeness (QED) is 0.881. The first-order valence-electron chi connectivity index (χ1n) is 6.30. The third-order valence-electron chi connectivity index (χ3n) is 2.70. The summed E-state index contributed by atoms with van der Waals surface area (Å²) in [6.45, 7) is 4.40. The van der Waals surface area contributed by atoms with E-state index < -0.39 is 0 Å². The van der Waals surface area contributed by atoms with Crippen LogP contribution in [-0.4, -0.2) is 18.6 Å². The smallest absolute Gasteiger partial charge is 0.261 e. The maximum atomic E-state index is 11.9. The molecule has 20 heavy (non-hydrogen) atoms. The van der Waals surface area contributed by atoms with Crippen molar-refractivity contribution in [2.45, 2.75) is 19.9 Å². The summed E-state index contributed by atoms with van der Waals surface area (Å²) in [6.07, 6.45) is 0. The van der Waals surface area contributed by atoms with Crippen LogP contribution in [0.25, 0.3) is 0 Å². The Morgan fingerprint density at radius 2 is 2.00 bits per heavy atom. The van der Waals surface area contributed by atoms with Gasteiger partial charge in [-0.3, -0.25) is 4.79 Å². The van der Waals surface area contributed by atoms with Crippen LogP contribution in [0.4, 0.5) is 0 Å². The predicted molar refractivity (Wildman–Crippen MR) is 85.6 cm³/mol. The fourth-order valence-corrected chi connectivity index (χ4v) is 2.92. The molecule has 2 aromatic rings. The molecule has 1 aromatic carbocycles. The summed E-state index contributed by atoms with van der Waals surface area (Å²) in [5, 5.41) is 2.92. The first-order valence-corrected chi connectivity index (χ1v) is 7.91. The number of hydrogen-bond acceptors (Lipinski definition) is 3. The number of rotatable bonds is 5. The molecular formula is C15H16BrNO2S. The van der Waals surface area contributed by atoms with Crippen LogP contribution < -0.4 is 10.1 Å². The normalized spacial score (nSPS) is 11.9. The molecule has 3 nitrogen and oxygen atoms in total. The monoisotopic (exact) mass is 353 g/mol. The van der Waals surface area contributed by atoms with Crippen molar-refractivity contribution in [1.29, 1.82) is 0 Å². The molecular weight excluding hydrogens is 338 g/mol. The molecule has 1 N–H and O–H groups in total. The molecule has 0 aliphatic rings. The summed E-state index contributed by atoms with van der Waals surface area (Å²) in [5.74, 6) is 0.747. The van der Waals surface area contributed by atoms with Crippen molar-refractivity contribution in [1.82, 2.24) is 5.32 Å². The third-order valence-corrected chi connectivity index (χ3v) is 4.32. The van der Waals surface area contributed by atoms with E-state index in [4.69, 9.17) is 4.74 Å². The lowest BCUT2D eigenvalue weighted by Crippen LogP contribution is -2.36. The first-order chi connectivity index (χ1) is 9.54. The van der Waals surface area contributed by atoms with E-state index >= 15 is 0 Å². The van der Waals surface area contributed by atoms with Gasteiger partial charge in [0, 0.05) is 0 Å². The van der Waals surface area contributed by atoms with Crippen molar-refractivity contribution < 1.29 is 9.53 Å². The van der Waals surface area contributed by atoms with Crippen LogP contribution in [0, 0.1) is 6.92 Å². The Labute approximate surface area is 131 Å². The van der Waals surface area contributed by atoms with Crippen LogP contribution in [0.15, 0.2) is 40.2 Å². The van der Waals surface area contributed by atoms with Crippen molar-refractivity contribution in [2.75, 3.05) is 6.61 Å². The molecule has 0 spiro atoms. The molecule has 0 fully saturated rings. The zero-order valence-electron chi connectivity index (χ0n) is 11.4. The fraction of sp³-hybridized carbons (Fsp3) is 0.267. The molecule has 1 amide bonds. The Balaban J connectivity index is 1.82. The number of nitrogens with one attached hydrogen (secondary N) is 1. The zero-order chi connectivity index (χ0) is 14.5. The SMILES string of the molecule is Cc1ccc(OCC(C)NC(=O)c2ccc(Br)s2)cc1. The number of amides is 1. The minimum atomic E-state index is -0.0688. The highest BCUT2D eigenvalue weighted by Gasteiger charge is 2.12. The molecule has 0 bridgehead atoms. The summed E-state index contributed by atoms with van der Waals surface area (Å²) in [6, 6.07) is 11.5. The molecule has 1 heterocycles. The van der Waals surface area contributed by atoms with Gasteiger partial charge in [-0.05, 0) is 54.0 Å². The van der Waals surface area contributed by atoms with Crippen molar-refractivity contribution in [2.24, 2.45) is 0 Å². The summed E-state index contributed by atoms with van der Waals surface area (Å²) in [4.78, 5) is 12.6. The number of halogens is 1. The molecule has 0 aliphatic carbocycles. The van der Waals surface area contributed by atoms with Crippen molar-refractivity contribution >= 4 is 33.2 Å². The minimum absolute atomic E-state index is 0.0512. The van der Waals surface area contributed by atoms with E-state index in [0.717, 1.165) is 9.54 Å². The summed E-state index contributed by atoms with van der Waals surface area (Å²) >= 11 is 4.77. The Morgan fingerprint density at radius 1 is 1.30 bits per heavy atom. The molecule has 2 rings (SSSR count). The highest BCUT2D eigenvalue weighted by atomic mass is 79.9. The molecule has 1 unspecified atom stereocenters. The van der Waals surface area contributed by atoms with Crippen molar-refractivity contribution in [3.05, 3.63) is 50.6 Å². The van der Waals surface area contributed by atoms with Gasteiger partial charge in [0.25, 0.3) is 5.91 Å². The van der Waals surface area contributed by atoms with E-state index in [1.54, 1.807) is 6.07 Å². The number of hydrogen-bond donors (Lipinski definition) is 1. The van der Waals surface area contributed by atoms with Crippen LogP contribution in [0.5, 0.6) is 5.75 Å². The van der Waals surface area contributed by atoms with Crippen LogP contribution in [0.3, 0.4) is 0 Å². The van der Waals surface area contributed by atoms with Crippen molar-refractivity contribution in [3.8, 4) is 5.75 Å². The largest absolute Gasteiger partial charge is 0.491 e. The van der Waals surface area contributed by atoms with Gasteiger partial charge in [-0.15, -0.1) is 11.3 Å². The van der Waals surface area contributed by atoms with Gasteiger partial charge in [0.2, 0.25) is 0 Å².